The molecule has 0 spiro atoms. The average Bonchev–Trinajstić information content (AvgIpc) is 2.23. The van der Waals surface area contributed by atoms with E-state index in [4.69, 9.17) is 9.05 Å². The first-order valence-corrected chi connectivity index (χ1v) is 7.01. The lowest BCUT2D eigenvalue weighted by Gasteiger charge is -2.13. The maximum Gasteiger partial charge on any atom is 0.330 e. The summed E-state index contributed by atoms with van der Waals surface area (Å²) in [7, 11) is 0.0914. The van der Waals surface area contributed by atoms with Gasteiger partial charge in [-0.05, 0) is 40.0 Å². The highest BCUT2D eigenvalue weighted by Crippen LogP contribution is 2.47. The lowest BCUT2D eigenvalue weighted by atomic mass is 10.1. The van der Waals surface area contributed by atoms with Gasteiger partial charge in [-0.3, -0.25) is 4.57 Å². The zero-order valence-corrected chi connectivity index (χ0v) is 11.4. The molecule has 0 fully saturated rings. The number of hydrogen-bond acceptors (Lipinski definition) is 3. The Hall–Kier alpha value is -0.110. The molecule has 0 amide bonds. The van der Waals surface area contributed by atoms with Crippen LogP contribution in [-0.4, -0.2) is 20.4 Å². The largest absolute Gasteiger partial charge is 0.330 e. The van der Waals surface area contributed by atoms with Gasteiger partial charge in [0.2, 0.25) is 0 Å². The average molecular weight is 234 g/mol. The lowest BCUT2D eigenvalue weighted by Crippen LogP contribution is -1.95. The van der Waals surface area contributed by atoms with E-state index in [-0.39, 0.29) is 0 Å². The molecule has 0 N–H and O–H groups in total. The molecule has 0 bridgehead atoms. The van der Waals surface area contributed by atoms with Gasteiger partial charge in [-0.1, -0.05) is 11.1 Å². The fraction of sp³-hybridized carbons (Fsp3) is 0.818. The maximum atomic E-state index is 11.7. The Morgan fingerprint density at radius 1 is 1.07 bits per heavy atom. The van der Waals surface area contributed by atoms with E-state index in [0.717, 1.165) is 19.3 Å². The van der Waals surface area contributed by atoms with E-state index in [1.165, 1.54) is 25.4 Å². The monoisotopic (exact) mass is 234 g/mol. The van der Waals surface area contributed by atoms with Gasteiger partial charge >= 0.3 is 7.60 Å². The summed E-state index contributed by atoms with van der Waals surface area (Å²) in [5.74, 6) is 0. The first kappa shape index (κ1) is 14.9. The summed E-state index contributed by atoms with van der Waals surface area (Å²) in [6, 6.07) is 0. The van der Waals surface area contributed by atoms with Crippen LogP contribution in [0, 0.1) is 0 Å². The molecule has 0 atom stereocenters. The third-order valence-corrected chi connectivity index (χ3v) is 4.62. The molecule has 0 heterocycles. The third-order valence-electron chi connectivity index (χ3n) is 2.64. The molecule has 0 aromatic carbocycles. The number of hydrogen-bond donors (Lipinski definition) is 0. The van der Waals surface area contributed by atoms with Crippen molar-refractivity contribution in [1.82, 2.24) is 0 Å². The summed E-state index contributed by atoms with van der Waals surface area (Å²) in [6.07, 6.45) is 3.49. The molecule has 0 saturated carbocycles. The van der Waals surface area contributed by atoms with Crippen LogP contribution in [0.25, 0.3) is 0 Å². The van der Waals surface area contributed by atoms with Crippen LogP contribution in [0.1, 0.15) is 40.0 Å². The van der Waals surface area contributed by atoms with Gasteiger partial charge in [0.05, 0.1) is 6.16 Å². The number of rotatable bonds is 7. The highest BCUT2D eigenvalue weighted by molar-refractivity contribution is 7.53. The minimum Gasteiger partial charge on any atom is -0.312 e. The molecular formula is C11H23O3P. The van der Waals surface area contributed by atoms with Crippen molar-refractivity contribution >= 4 is 7.60 Å². The molecule has 0 aliphatic heterocycles. The van der Waals surface area contributed by atoms with Gasteiger partial charge in [-0.2, -0.15) is 0 Å². The lowest BCUT2D eigenvalue weighted by molar-refractivity contribution is 0.275. The maximum absolute atomic E-state index is 11.7. The van der Waals surface area contributed by atoms with Gasteiger partial charge in [0.1, 0.15) is 0 Å². The van der Waals surface area contributed by atoms with Gasteiger partial charge in [-0.25, -0.2) is 0 Å². The van der Waals surface area contributed by atoms with Crippen LogP contribution in [0.5, 0.6) is 0 Å². The Kier molecular flexibility index (Phi) is 7.16. The second-order valence-electron chi connectivity index (χ2n) is 3.94. The number of unbranched alkanes of at least 4 members (excludes halogenated alkanes) is 1. The standard InChI is InChI=1S/C11H23O3P/c1-10(2)11(3)8-6-7-9-15(12,13-4)14-5/h6-9H2,1-5H3. The van der Waals surface area contributed by atoms with Gasteiger partial charge in [0.15, 0.2) is 0 Å². The van der Waals surface area contributed by atoms with Crippen LogP contribution in [0.15, 0.2) is 11.1 Å². The summed E-state index contributed by atoms with van der Waals surface area (Å²) >= 11 is 0. The van der Waals surface area contributed by atoms with Crippen molar-refractivity contribution in [3.63, 3.8) is 0 Å². The summed E-state index contributed by atoms with van der Waals surface area (Å²) in [6.45, 7) is 6.37. The minimum absolute atomic E-state index is 0.510. The smallest absolute Gasteiger partial charge is 0.312 e. The molecule has 0 aromatic rings. The molecule has 0 aliphatic rings. The Balaban J connectivity index is 3.81. The predicted octanol–water partition coefficient (Wildman–Crippen LogP) is 4.00. The molecule has 4 heteroatoms. The Labute approximate surface area is 93.4 Å². The Morgan fingerprint density at radius 3 is 2.00 bits per heavy atom. The highest BCUT2D eigenvalue weighted by Gasteiger charge is 2.19. The van der Waals surface area contributed by atoms with Crippen molar-refractivity contribution in [1.29, 1.82) is 0 Å². The van der Waals surface area contributed by atoms with Gasteiger partial charge in [-0.15, -0.1) is 0 Å². The zero-order valence-electron chi connectivity index (χ0n) is 10.5. The summed E-state index contributed by atoms with van der Waals surface area (Å²) in [5, 5.41) is 0. The number of allylic oxidation sites excluding steroid dienone is 2. The fourth-order valence-corrected chi connectivity index (χ4v) is 2.33. The van der Waals surface area contributed by atoms with E-state index in [1.54, 1.807) is 0 Å². The van der Waals surface area contributed by atoms with Crippen molar-refractivity contribution in [2.45, 2.75) is 40.0 Å². The molecule has 0 unspecified atom stereocenters. The SMILES string of the molecule is COP(=O)(CCCCC(C)=C(C)C)OC. The first-order valence-electron chi connectivity index (χ1n) is 5.28. The van der Waals surface area contributed by atoms with E-state index in [9.17, 15) is 4.57 Å². The van der Waals surface area contributed by atoms with Crippen molar-refractivity contribution in [3.8, 4) is 0 Å². The third kappa shape index (κ3) is 6.14. The second-order valence-corrected chi connectivity index (χ2v) is 6.34. The molecule has 0 rings (SSSR count). The quantitative estimate of drug-likeness (QED) is 0.379. The van der Waals surface area contributed by atoms with Crippen LogP contribution >= 0.6 is 7.60 Å². The van der Waals surface area contributed by atoms with Crippen molar-refractivity contribution < 1.29 is 13.6 Å². The van der Waals surface area contributed by atoms with Crippen molar-refractivity contribution in [2.75, 3.05) is 20.4 Å². The minimum atomic E-state index is -2.78. The van der Waals surface area contributed by atoms with E-state index < -0.39 is 7.60 Å². The van der Waals surface area contributed by atoms with Gasteiger partial charge < -0.3 is 9.05 Å². The molecule has 3 nitrogen and oxygen atoms in total. The molecule has 0 aliphatic carbocycles. The van der Waals surface area contributed by atoms with Crippen LogP contribution in [0.3, 0.4) is 0 Å². The van der Waals surface area contributed by atoms with Crippen LogP contribution in [0.4, 0.5) is 0 Å². The van der Waals surface area contributed by atoms with E-state index in [1.807, 2.05) is 0 Å². The molecular weight excluding hydrogens is 211 g/mol. The summed E-state index contributed by atoms with van der Waals surface area (Å²) < 4.78 is 21.4. The van der Waals surface area contributed by atoms with Gasteiger partial charge in [0, 0.05) is 14.2 Å². The van der Waals surface area contributed by atoms with E-state index in [0.29, 0.717) is 6.16 Å². The summed E-state index contributed by atoms with van der Waals surface area (Å²) in [4.78, 5) is 0. The second kappa shape index (κ2) is 7.21. The van der Waals surface area contributed by atoms with Gasteiger partial charge in [0.25, 0.3) is 0 Å². The van der Waals surface area contributed by atoms with Crippen molar-refractivity contribution in [3.05, 3.63) is 11.1 Å². The van der Waals surface area contributed by atoms with Crippen LogP contribution < -0.4 is 0 Å². The molecule has 0 radical (unpaired) electrons. The topological polar surface area (TPSA) is 35.5 Å². The highest BCUT2D eigenvalue weighted by atomic mass is 31.2. The summed E-state index contributed by atoms with van der Waals surface area (Å²) in [5.41, 5.74) is 2.79. The van der Waals surface area contributed by atoms with Crippen LogP contribution in [0.2, 0.25) is 0 Å². The van der Waals surface area contributed by atoms with Crippen LogP contribution in [-0.2, 0) is 13.6 Å². The van der Waals surface area contributed by atoms with E-state index >= 15 is 0 Å². The first-order chi connectivity index (χ1) is 6.95. The van der Waals surface area contributed by atoms with Crippen molar-refractivity contribution in [2.24, 2.45) is 0 Å². The fourth-order valence-electron chi connectivity index (χ4n) is 1.20. The molecule has 0 saturated heterocycles. The van der Waals surface area contributed by atoms with E-state index in [2.05, 4.69) is 20.8 Å². The molecule has 90 valence electrons. The molecule has 15 heavy (non-hydrogen) atoms. The predicted molar refractivity (Wildman–Crippen MR) is 64.4 cm³/mol. The Morgan fingerprint density at radius 2 is 1.60 bits per heavy atom. The Bertz CT molecular complexity index is 247. The normalized spacial score (nSPS) is 11.5. The molecule has 0 aromatic heterocycles. The zero-order chi connectivity index (χ0) is 11.9.